The first kappa shape index (κ1) is 17.1. The predicted molar refractivity (Wildman–Crippen MR) is 113 cm³/mol. The van der Waals surface area contributed by atoms with E-state index in [2.05, 4.69) is 42.9 Å². The third kappa shape index (κ3) is 3.18. The van der Waals surface area contributed by atoms with Gasteiger partial charge in [-0.05, 0) is 30.4 Å². The maximum absolute atomic E-state index is 12.7. The summed E-state index contributed by atoms with van der Waals surface area (Å²) < 4.78 is 0. The Morgan fingerprint density at radius 1 is 1.18 bits per heavy atom. The number of fused-ring (bicyclic) bond motifs is 1. The standard InChI is InChI=1S/C21H21N5OS/c27-21(16-13-22-17-5-2-1-4-15(16)17)23-14-7-9-26(10-8-14)20-12-18(24-25-20)19-6-3-11-28-19/h1-6,11-14,22H,7-10H2,(H,23,27)(H,24,25). The van der Waals surface area contributed by atoms with Gasteiger partial charge < -0.3 is 15.2 Å². The molecule has 1 aliphatic rings. The average molecular weight is 392 g/mol. The Bertz CT molecular complexity index is 1090. The fourth-order valence-electron chi connectivity index (χ4n) is 3.81. The van der Waals surface area contributed by atoms with E-state index in [9.17, 15) is 4.79 Å². The molecule has 142 valence electrons. The highest BCUT2D eigenvalue weighted by Gasteiger charge is 2.23. The molecule has 1 aliphatic heterocycles. The van der Waals surface area contributed by atoms with Crippen molar-refractivity contribution in [3.8, 4) is 10.6 Å². The van der Waals surface area contributed by atoms with Crippen LogP contribution < -0.4 is 10.2 Å². The molecule has 0 radical (unpaired) electrons. The Kier molecular flexibility index (Phi) is 4.37. The van der Waals surface area contributed by atoms with E-state index in [0.29, 0.717) is 5.56 Å². The largest absolute Gasteiger partial charge is 0.360 e. The number of amides is 1. The van der Waals surface area contributed by atoms with Gasteiger partial charge in [-0.1, -0.05) is 24.3 Å². The van der Waals surface area contributed by atoms with Crippen LogP contribution >= 0.6 is 11.3 Å². The van der Waals surface area contributed by atoms with Crippen LogP contribution in [0.2, 0.25) is 0 Å². The van der Waals surface area contributed by atoms with Crippen LogP contribution in [0, 0.1) is 0 Å². The number of piperidine rings is 1. The van der Waals surface area contributed by atoms with Crippen molar-refractivity contribution >= 4 is 34.0 Å². The highest BCUT2D eigenvalue weighted by molar-refractivity contribution is 7.13. The summed E-state index contributed by atoms with van der Waals surface area (Å²) in [5.74, 6) is 0.973. The highest BCUT2D eigenvalue weighted by atomic mass is 32.1. The second-order valence-electron chi connectivity index (χ2n) is 7.10. The lowest BCUT2D eigenvalue weighted by molar-refractivity contribution is 0.0933. The van der Waals surface area contributed by atoms with Crippen LogP contribution in [0.15, 0.2) is 54.0 Å². The summed E-state index contributed by atoms with van der Waals surface area (Å²) in [6, 6.07) is 14.3. The zero-order chi connectivity index (χ0) is 18.9. The molecule has 6 nitrogen and oxygen atoms in total. The SMILES string of the molecule is O=C(NC1CCN(c2cc(-c3cccs3)[nH]n2)CC1)c1c[nH]c2ccccc12. The number of carbonyl (C=O) groups is 1. The summed E-state index contributed by atoms with van der Waals surface area (Å²) in [4.78, 5) is 19.4. The highest BCUT2D eigenvalue weighted by Crippen LogP contribution is 2.27. The molecule has 1 fully saturated rings. The minimum Gasteiger partial charge on any atom is -0.360 e. The fourth-order valence-corrected chi connectivity index (χ4v) is 4.50. The lowest BCUT2D eigenvalue weighted by Crippen LogP contribution is -2.44. The van der Waals surface area contributed by atoms with Crippen molar-refractivity contribution in [2.24, 2.45) is 0 Å². The van der Waals surface area contributed by atoms with Gasteiger partial charge in [-0.25, -0.2) is 0 Å². The molecule has 4 aromatic rings. The lowest BCUT2D eigenvalue weighted by atomic mass is 10.0. The number of anilines is 1. The van der Waals surface area contributed by atoms with Gasteiger partial charge in [0.1, 0.15) is 0 Å². The molecule has 0 atom stereocenters. The van der Waals surface area contributed by atoms with Crippen LogP contribution in [-0.2, 0) is 0 Å². The predicted octanol–water partition coefficient (Wildman–Crippen LogP) is 4.02. The number of hydrogen-bond donors (Lipinski definition) is 3. The maximum Gasteiger partial charge on any atom is 0.253 e. The monoisotopic (exact) mass is 391 g/mol. The number of H-pyrrole nitrogens is 2. The summed E-state index contributed by atoms with van der Waals surface area (Å²) in [5.41, 5.74) is 2.76. The molecule has 3 aromatic heterocycles. The molecular weight excluding hydrogens is 370 g/mol. The Morgan fingerprint density at radius 2 is 2.04 bits per heavy atom. The van der Waals surface area contributed by atoms with Gasteiger partial charge in [-0.2, -0.15) is 5.10 Å². The summed E-state index contributed by atoms with van der Waals surface area (Å²) in [7, 11) is 0. The number of nitrogens with zero attached hydrogens (tertiary/aromatic N) is 2. The van der Waals surface area contributed by atoms with Crippen LogP contribution in [0.3, 0.4) is 0 Å². The zero-order valence-corrected chi connectivity index (χ0v) is 16.1. The van der Waals surface area contributed by atoms with E-state index in [-0.39, 0.29) is 11.9 Å². The molecule has 5 rings (SSSR count). The van der Waals surface area contributed by atoms with Crippen molar-refractivity contribution in [3.63, 3.8) is 0 Å². The Labute approximate surface area is 166 Å². The molecule has 1 saturated heterocycles. The lowest BCUT2D eigenvalue weighted by Gasteiger charge is -2.32. The Morgan fingerprint density at radius 3 is 2.86 bits per heavy atom. The van der Waals surface area contributed by atoms with Crippen molar-refractivity contribution in [2.45, 2.75) is 18.9 Å². The molecule has 0 aliphatic carbocycles. The number of aromatic nitrogens is 3. The first-order valence-electron chi connectivity index (χ1n) is 9.49. The van der Waals surface area contributed by atoms with E-state index in [0.717, 1.165) is 48.3 Å². The van der Waals surface area contributed by atoms with Gasteiger partial charge in [0, 0.05) is 42.3 Å². The third-order valence-corrected chi connectivity index (χ3v) is 6.24. The van der Waals surface area contributed by atoms with Crippen LogP contribution in [0.4, 0.5) is 5.82 Å². The van der Waals surface area contributed by atoms with Crippen molar-refractivity contribution in [3.05, 3.63) is 59.6 Å². The smallest absolute Gasteiger partial charge is 0.253 e. The molecule has 0 unspecified atom stereocenters. The van der Waals surface area contributed by atoms with Crippen molar-refractivity contribution in [1.29, 1.82) is 0 Å². The molecule has 1 aromatic carbocycles. The average Bonchev–Trinajstić information content (AvgIpc) is 3.48. The first-order chi connectivity index (χ1) is 13.8. The van der Waals surface area contributed by atoms with E-state index in [1.165, 1.54) is 4.88 Å². The zero-order valence-electron chi connectivity index (χ0n) is 15.3. The van der Waals surface area contributed by atoms with Gasteiger partial charge >= 0.3 is 0 Å². The number of hydrogen-bond acceptors (Lipinski definition) is 4. The second-order valence-corrected chi connectivity index (χ2v) is 8.05. The number of rotatable bonds is 4. The van der Waals surface area contributed by atoms with Crippen molar-refractivity contribution in [1.82, 2.24) is 20.5 Å². The molecular formula is C21H21N5OS. The van der Waals surface area contributed by atoms with E-state index in [1.807, 2.05) is 30.3 Å². The summed E-state index contributed by atoms with van der Waals surface area (Å²) in [6.45, 7) is 1.77. The summed E-state index contributed by atoms with van der Waals surface area (Å²) in [6.07, 6.45) is 3.62. The van der Waals surface area contributed by atoms with E-state index in [1.54, 1.807) is 17.5 Å². The summed E-state index contributed by atoms with van der Waals surface area (Å²) >= 11 is 1.70. The number of benzene rings is 1. The van der Waals surface area contributed by atoms with E-state index < -0.39 is 0 Å². The van der Waals surface area contributed by atoms with Crippen LogP contribution in [-0.4, -0.2) is 40.2 Å². The fraction of sp³-hybridized carbons (Fsp3) is 0.238. The Hall–Kier alpha value is -3.06. The molecule has 0 bridgehead atoms. The van der Waals surface area contributed by atoms with E-state index in [4.69, 9.17) is 0 Å². The number of para-hydroxylation sites is 1. The van der Waals surface area contributed by atoms with Crippen LogP contribution in [0.5, 0.6) is 0 Å². The normalized spacial score (nSPS) is 15.2. The van der Waals surface area contributed by atoms with Crippen LogP contribution in [0.25, 0.3) is 21.5 Å². The van der Waals surface area contributed by atoms with Gasteiger partial charge in [0.25, 0.3) is 5.91 Å². The van der Waals surface area contributed by atoms with Gasteiger partial charge in [-0.3, -0.25) is 9.89 Å². The van der Waals surface area contributed by atoms with E-state index >= 15 is 0 Å². The molecule has 1 amide bonds. The molecule has 0 spiro atoms. The van der Waals surface area contributed by atoms with Gasteiger partial charge in [0.2, 0.25) is 0 Å². The second kappa shape index (κ2) is 7.16. The number of carbonyl (C=O) groups excluding carboxylic acids is 1. The van der Waals surface area contributed by atoms with Crippen LogP contribution in [0.1, 0.15) is 23.2 Å². The molecule has 28 heavy (non-hydrogen) atoms. The maximum atomic E-state index is 12.7. The number of thiophene rings is 1. The van der Waals surface area contributed by atoms with Crippen molar-refractivity contribution in [2.75, 3.05) is 18.0 Å². The van der Waals surface area contributed by atoms with Gasteiger partial charge in [-0.15, -0.1) is 11.3 Å². The summed E-state index contributed by atoms with van der Waals surface area (Å²) in [5, 5.41) is 13.8. The van der Waals surface area contributed by atoms with Gasteiger partial charge in [0.15, 0.2) is 5.82 Å². The van der Waals surface area contributed by atoms with Crippen molar-refractivity contribution < 1.29 is 4.79 Å². The third-order valence-electron chi connectivity index (χ3n) is 5.34. The molecule has 3 N–H and O–H groups in total. The first-order valence-corrected chi connectivity index (χ1v) is 10.4. The minimum absolute atomic E-state index is 0.00403. The Balaban J connectivity index is 1.21. The number of nitrogens with one attached hydrogen (secondary N) is 3. The molecule has 7 heteroatoms. The minimum atomic E-state index is -0.00403. The molecule has 4 heterocycles. The number of aromatic amines is 2. The van der Waals surface area contributed by atoms with Gasteiger partial charge in [0.05, 0.1) is 16.1 Å². The topological polar surface area (TPSA) is 76.8 Å². The quantitative estimate of drug-likeness (QED) is 0.492. The molecule has 0 saturated carbocycles.